The molecule has 11 nitrogen and oxygen atoms in total. The molecule has 1 aliphatic rings. The summed E-state index contributed by atoms with van der Waals surface area (Å²) in [6.07, 6.45) is 1.72. The van der Waals surface area contributed by atoms with Gasteiger partial charge in [0.05, 0.1) is 5.56 Å². The number of carboxylic acids is 1. The van der Waals surface area contributed by atoms with E-state index in [0.717, 1.165) is 41.9 Å². The number of carboxylic acid groups (broad SMARTS) is 1. The first-order chi connectivity index (χ1) is 21.0. The number of hydrogen-bond acceptors (Lipinski definition) is 9. The predicted molar refractivity (Wildman–Crippen MR) is 164 cm³/mol. The summed E-state index contributed by atoms with van der Waals surface area (Å²) < 4.78 is 24.8. The molecule has 0 saturated carbocycles. The lowest BCUT2D eigenvalue weighted by Crippen LogP contribution is -2.54. The Kier molecular flexibility index (Phi) is 10.6. The molecule has 0 aliphatic carbocycles. The van der Waals surface area contributed by atoms with E-state index in [2.05, 4.69) is 24.9 Å². The van der Waals surface area contributed by atoms with Gasteiger partial charge in [0, 0.05) is 29.9 Å². The minimum absolute atomic E-state index is 0.00235. The number of carbonyl (C=O) groups is 4. The second-order valence-corrected chi connectivity index (χ2v) is 12.2. The quantitative estimate of drug-likeness (QED) is 0.232. The molecule has 1 aromatic heterocycles. The molecule has 2 aromatic carbocycles. The van der Waals surface area contributed by atoms with Gasteiger partial charge in [0.2, 0.25) is 5.91 Å². The maximum Gasteiger partial charge on any atom is 0.413 e. The number of aliphatic carboxylic acids is 1. The first-order valence-corrected chi connectivity index (χ1v) is 15.2. The number of benzene rings is 2. The normalized spacial score (nSPS) is 14.4. The third kappa shape index (κ3) is 7.95. The summed E-state index contributed by atoms with van der Waals surface area (Å²) in [6.45, 7) is 8.99. The van der Waals surface area contributed by atoms with Crippen LogP contribution >= 0.6 is 11.5 Å². The van der Waals surface area contributed by atoms with Crippen LogP contribution in [0.2, 0.25) is 0 Å². The standard InChI is InChI=1S/C31H36FN5O6S/c1-17(2)13-24(30(40)41)33-28(39)25(18(3)4)34-31(42)43-26-21(16-38)14-20(15-23(26)32)29-35-27(36-44-29)19-7-9-22(10-8-19)37-11-5-6-12-37/h7-10,14-18,24-25H,5-6,11-13H2,1-4H3,(H,33,39)(H,34,42)(H,40,41)/t24-,25-/m0/s1. The van der Waals surface area contributed by atoms with E-state index < -0.39 is 47.5 Å². The first kappa shape index (κ1) is 32.5. The van der Waals surface area contributed by atoms with Crippen LogP contribution < -0.4 is 20.3 Å². The fraction of sp³-hybridized carbons (Fsp3) is 0.419. The van der Waals surface area contributed by atoms with Gasteiger partial charge in [-0.1, -0.05) is 27.7 Å². The number of carbonyl (C=O) groups excluding carboxylic acids is 3. The topological polar surface area (TPSA) is 151 Å². The van der Waals surface area contributed by atoms with Crippen LogP contribution in [-0.2, 0) is 9.59 Å². The lowest BCUT2D eigenvalue weighted by molar-refractivity contribution is -0.142. The summed E-state index contributed by atoms with van der Waals surface area (Å²) in [5.41, 5.74) is 1.97. The number of aldehydes is 1. The van der Waals surface area contributed by atoms with E-state index in [4.69, 9.17) is 4.74 Å². The zero-order chi connectivity index (χ0) is 32.0. The molecule has 2 heterocycles. The molecule has 13 heteroatoms. The Morgan fingerprint density at radius 3 is 2.34 bits per heavy atom. The molecule has 0 spiro atoms. The molecule has 3 aromatic rings. The number of nitrogens with zero attached hydrogens (tertiary/aromatic N) is 3. The molecule has 2 atom stereocenters. The van der Waals surface area contributed by atoms with Crippen molar-refractivity contribution in [1.82, 2.24) is 20.0 Å². The van der Waals surface area contributed by atoms with E-state index in [1.165, 1.54) is 18.9 Å². The Hall–Kier alpha value is -4.39. The maximum atomic E-state index is 15.2. The molecule has 44 heavy (non-hydrogen) atoms. The van der Waals surface area contributed by atoms with E-state index in [-0.39, 0.29) is 23.5 Å². The molecule has 4 rings (SSSR count). The van der Waals surface area contributed by atoms with E-state index in [9.17, 15) is 24.3 Å². The highest BCUT2D eigenvalue weighted by Crippen LogP contribution is 2.32. The van der Waals surface area contributed by atoms with Crippen LogP contribution in [0, 0.1) is 17.7 Å². The number of hydrogen-bond donors (Lipinski definition) is 3. The summed E-state index contributed by atoms with van der Waals surface area (Å²) in [7, 11) is 0. The number of aromatic nitrogens is 2. The summed E-state index contributed by atoms with van der Waals surface area (Å²) in [6, 6.07) is 8.01. The predicted octanol–water partition coefficient (Wildman–Crippen LogP) is 5.15. The van der Waals surface area contributed by atoms with Crippen molar-refractivity contribution in [2.24, 2.45) is 11.8 Å². The highest BCUT2D eigenvalue weighted by atomic mass is 32.1. The fourth-order valence-electron chi connectivity index (χ4n) is 4.93. The van der Waals surface area contributed by atoms with Crippen molar-refractivity contribution in [3.05, 3.63) is 47.8 Å². The molecule has 1 fully saturated rings. The zero-order valence-electron chi connectivity index (χ0n) is 25.0. The van der Waals surface area contributed by atoms with Crippen molar-refractivity contribution in [2.75, 3.05) is 18.0 Å². The van der Waals surface area contributed by atoms with Crippen molar-refractivity contribution in [2.45, 2.75) is 59.0 Å². The average Bonchev–Trinajstić information content (AvgIpc) is 3.69. The lowest BCUT2D eigenvalue weighted by atomic mass is 10.0. The van der Waals surface area contributed by atoms with E-state index in [0.29, 0.717) is 17.1 Å². The van der Waals surface area contributed by atoms with Gasteiger partial charge >= 0.3 is 12.1 Å². The third-order valence-electron chi connectivity index (χ3n) is 7.21. The van der Waals surface area contributed by atoms with Gasteiger partial charge in [0.25, 0.3) is 0 Å². The van der Waals surface area contributed by atoms with Crippen LogP contribution in [0.1, 0.15) is 57.3 Å². The van der Waals surface area contributed by atoms with E-state index >= 15 is 4.39 Å². The third-order valence-corrected chi connectivity index (χ3v) is 7.97. The second-order valence-electron chi connectivity index (χ2n) is 11.4. The van der Waals surface area contributed by atoms with E-state index in [1.54, 1.807) is 13.8 Å². The molecule has 0 radical (unpaired) electrons. The van der Waals surface area contributed by atoms with Gasteiger partial charge < -0.3 is 25.4 Å². The lowest BCUT2D eigenvalue weighted by Gasteiger charge is -2.24. The highest BCUT2D eigenvalue weighted by molar-refractivity contribution is 7.09. The van der Waals surface area contributed by atoms with Gasteiger partial charge in [-0.2, -0.15) is 4.37 Å². The molecular formula is C31H36FN5O6S. The second kappa shape index (κ2) is 14.4. The fourth-order valence-corrected chi connectivity index (χ4v) is 5.60. The molecule has 0 unspecified atom stereocenters. The number of anilines is 1. The summed E-state index contributed by atoms with van der Waals surface area (Å²) in [5.74, 6) is -3.53. The summed E-state index contributed by atoms with van der Waals surface area (Å²) in [4.78, 5) is 55.9. The van der Waals surface area contributed by atoms with Crippen LogP contribution in [0.5, 0.6) is 5.75 Å². The van der Waals surface area contributed by atoms with Crippen molar-refractivity contribution in [1.29, 1.82) is 0 Å². The number of nitrogens with one attached hydrogen (secondary N) is 2. The van der Waals surface area contributed by atoms with Crippen LogP contribution in [0.25, 0.3) is 22.0 Å². The van der Waals surface area contributed by atoms with Gasteiger partial charge in [0.1, 0.15) is 17.1 Å². The van der Waals surface area contributed by atoms with Crippen LogP contribution in [-0.4, -0.2) is 63.9 Å². The maximum absolute atomic E-state index is 15.2. The average molecular weight is 626 g/mol. The molecule has 1 aliphatic heterocycles. The van der Waals surface area contributed by atoms with Crippen LogP contribution in [0.4, 0.5) is 14.9 Å². The largest absolute Gasteiger partial charge is 0.480 e. The molecule has 2 amide bonds. The number of ether oxygens (including phenoxy) is 1. The first-order valence-electron chi connectivity index (χ1n) is 14.5. The highest BCUT2D eigenvalue weighted by Gasteiger charge is 2.30. The minimum Gasteiger partial charge on any atom is -0.480 e. The molecule has 234 valence electrons. The van der Waals surface area contributed by atoms with Gasteiger partial charge in [0.15, 0.2) is 23.7 Å². The van der Waals surface area contributed by atoms with Crippen molar-refractivity contribution < 1.29 is 33.4 Å². The Bertz CT molecular complexity index is 1500. The van der Waals surface area contributed by atoms with E-state index in [1.807, 2.05) is 38.1 Å². The zero-order valence-corrected chi connectivity index (χ0v) is 25.8. The Morgan fingerprint density at radius 2 is 1.75 bits per heavy atom. The Labute approximate surface area is 259 Å². The summed E-state index contributed by atoms with van der Waals surface area (Å²) >= 11 is 1.04. The number of amides is 2. The van der Waals surface area contributed by atoms with Gasteiger partial charge in [-0.15, -0.1) is 0 Å². The Balaban J connectivity index is 1.47. The van der Waals surface area contributed by atoms with Crippen LogP contribution in [0.15, 0.2) is 36.4 Å². The van der Waals surface area contributed by atoms with Crippen molar-refractivity contribution in [3.63, 3.8) is 0 Å². The van der Waals surface area contributed by atoms with Gasteiger partial charge in [-0.25, -0.2) is 19.0 Å². The molecule has 3 N–H and O–H groups in total. The molecule has 1 saturated heterocycles. The van der Waals surface area contributed by atoms with Gasteiger partial charge in [-0.3, -0.25) is 9.59 Å². The number of rotatable bonds is 12. The minimum atomic E-state index is -1.20. The van der Waals surface area contributed by atoms with Crippen molar-refractivity contribution in [3.8, 4) is 27.7 Å². The Morgan fingerprint density at radius 1 is 1.07 bits per heavy atom. The smallest absolute Gasteiger partial charge is 0.413 e. The summed E-state index contributed by atoms with van der Waals surface area (Å²) in [5, 5.41) is 14.6. The molecular weight excluding hydrogens is 589 g/mol. The molecule has 0 bridgehead atoms. The number of halogens is 1. The monoisotopic (exact) mass is 625 g/mol. The van der Waals surface area contributed by atoms with Gasteiger partial charge in [-0.05, 0) is 79.0 Å². The van der Waals surface area contributed by atoms with Crippen LogP contribution in [0.3, 0.4) is 0 Å². The van der Waals surface area contributed by atoms with Crippen molar-refractivity contribution >= 4 is 41.5 Å². The SMILES string of the molecule is CC(C)C[C@H](NC(=O)[C@@H](NC(=O)Oc1c(F)cc(-c2nc(-c3ccc(N4CCCC4)cc3)ns2)cc1C=O)C(C)C)C(=O)O.